The van der Waals surface area contributed by atoms with Gasteiger partial charge in [-0.15, -0.1) is 0 Å². The van der Waals surface area contributed by atoms with Crippen LogP contribution in [0.3, 0.4) is 0 Å². The van der Waals surface area contributed by atoms with Crippen LogP contribution in [0.25, 0.3) is 22.2 Å². The second kappa shape index (κ2) is 5.46. The fourth-order valence-electron chi connectivity index (χ4n) is 3.07. The van der Waals surface area contributed by atoms with Gasteiger partial charge in [-0.05, 0) is 42.3 Å². The average Bonchev–Trinajstić information content (AvgIpc) is 3.15. The summed E-state index contributed by atoms with van der Waals surface area (Å²) in [7, 11) is 0. The first-order valence-corrected chi connectivity index (χ1v) is 7.84. The topological polar surface area (TPSA) is 71.6 Å². The van der Waals surface area contributed by atoms with Crippen molar-refractivity contribution in [3.63, 3.8) is 0 Å². The van der Waals surface area contributed by atoms with Crippen LogP contribution in [-0.4, -0.2) is 22.9 Å². The summed E-state index contributed by atoms with van der Waals surface area (Å²) in [4.78, 5) is 14.7. The largest absolute Gasteiger partial charge is 0.481 e. The van der Waals surface area contributed by atoms with Crippen LogP contribution in [-0.2, 0) is 11.2 Å². The fraction of sp³-hybridized carbons (Fsp3) is 0.167. The number of rotatable bonds is 3. The van der Waals surface area contributed by atoms with Gasteiger partial charge < -0.3 is 19.6 Å². The molecule has 1 aliphatic rings. The lowest BCUT2D eigenvalue weighted by Crippen LogP contribution is -2.01. The third kappa shape index (κ3) is 2.29. The van der Waals surface area contributed by atoms with E-state index in [-0.39, 0.29) is 13.2 Å². The van der Waals surface area contributed by atoms with Gasteiger partial charge in [-0.2, -0.15) is 0 Å². The molecule has 2 N–H and O–H groups in total. The van der Waals surface area contributed by atoms with Crippen molar-refractivity contribution in [1.29, 1.82) is 0 Å². The average molecular weight is 344 g/mol. The zero-order valence-electron chi connectivity index (χ0n) is 12.9. The third-order valence-corrected chi connectivity index (χ3v) is 4.67. The minimum atomic E-state index is -0.884. The second-order valence-electron chi connectivity index (χ2n) is 5.71. The standard InChI is InChI=1S/C18H14ClNO4/c1-9-13(19)4-3-11-12(7-16(21)22)18(20-17(9)11)10-2-5-14-15(6-10)24-8-23-14/h2-6,20H,7-8H2,1H3,(H,21,22). The van der Waals surface area contributed by atoms with E-state index in [1.807, 2.05) is 31.2 Å². The van der Waals surface area contributed by atoms with E-state index in [0.717, 1.165) is 33.3 Å². The van der Waals surface area contributed by atoms with Crippen molar-refractivity contribution < 1.29 is 19.4 Å². The molecule has 0 unspecified atom stereocenters. The molecular formula is C18H14ClNO4. The Morgan fingerprint density at radius 3 is 2.83 bits per heavy atom. The number of aliphatic carboxylic acids is 1. The molecule has 0 saturated carbocycles. The van der Waals surface area contributed by atoms with E-state index in [0.29, 0.717) is 16.5 Å². The number of hydrogen-bond acceptors (Lipinski definition) is 3. The van der Waals surface area contributed by atoms with Crippen LogP contribution in [0.1, 0.15) is 11.1 Å². The molecule has 2 aromatic carbocycles. The van der Waals surface area contributed by atoms with Crippen molar-refractivity contribution in [1.82, 2.24) is 4.98 Å². The number of aromatic nitrogens is 1. The number of fused-ring (bicyclic) bond motifs is 2. The summed E-state index contributed by atoms with van der Waals surface area (Å²) >= 11 is 6.20. The van der Waals surface area contributed by atoms with Crippen molar-refractivity contribution in [2.24, 2.45) is 0 Å². The lowest BCUT2D eigenvalue weighted by atomic mass is 10.0. The van der Waals surface area contributed by atoms with Crippen LogP contribution >= 0.6 is 11.6 Å². The molecule has 3 aromatic rings. The molecule has 0 amide bonds. The number of carboxylic acid groups (broad SMARTS) is 1. The molecule has 1 aromatic heterocycles. The number of halogens is 1. The Kier molecular flexibility index (Phi) is 3.39. The molecule has 6 heteroatoms. The van der Waals surface area contributed by atoms with E-state index in [2.05, 4.69) is 4.98 Å². The fourth-order valence-corrected chi connectivity index (χ4v) is 3.22. The van der Waals surface area contributed by atoms with Gasteiger partial charge in [-0.3, -0.25) is 4.79 Å². The first-order valence-electron chi connectivity index (χ1n) is 7.46. The van der Waals surface area contributed by atoms with E-state index in [9.17, 15) is 9.90 Å². The Morgan fingerprint density at radius 2 is 2.04 bits per heavy atom. The molecule has 0 aliphatic carbocycles. The smallest absolute Gasteiger partial charge is 0.307 e. The highest BCUT2D eigenvalue weighted by molar-refractivity contribution is 6.32. The van der Waals surface area contributed by atoms with Crippen LogP contribution in [0, 0.1) is 6.92 Å². The van der Waals surface area contributed by atoms with Crippen molar-refractivity contribution in [3.05, 3.63) is 46.5 Å². The second-order valence-corrected chi connectivity index (χ2v) is 6.12. The van der Waals surface area contributed by atoms with E-state index < -0.39 is 5.97 Å². The summed E-state index contributed by atoms with van der Waals surface area (Å²) in [6, 6.07) is 9.22. The summed E-state index contributed by atoms with van der Waals surface area (Å²) in [6.07, 6.45) is -0.0785. The van der Waals surface area contributed by atoms with Crippen molar-refractivity contribution >= 4 is 28.5 Å². The Hall–Kier alpha value is -2.66. The van der Waals surface area contributed by atoms with Gasteiger partial charge in [-0.25, -0.2) is 0 Å². The number of aromatic amines is 1. The van der Waals surface area contributed by atoms with Gasteiger partial charge in [0.2, 0.25) is 6.79 Å². The maximum absolute atomic E-state index is 11.3. The van der Waals surface area contributed by atoms with Crippen molar-refractivity contribution in [2.45, 2.75) is 13.3 Å². The lowest BCUT2D eigenvalue weighted by molar-refractivity contribution is -0.136. The summed E-state index contributed by atoms with van der Waals surface area (Å²) in [5.41, 5.74) is 4.09. The van der Waals surface area contributed by atoms with Crippen LogP contribution in [0.2, 0.25) is 5.02 Å². The molecule has 0 radical (unpaired) electrons. The predicted octanol–water partition coefficient (Wildman–Crippen LogP) is 4.15. The number of carboxylic acids is 1. The highest BCUT2D eigenvalue weighted by Crippen LogP contribution is 2.39. The van der Waals surface area contributed by atoms with Gasteiger partial charge in [0.15, 0.2) is 11.5 Å². The first kappa shape index (κ1) is 14.9. The summed E-state index contributed by atoms with van der Waals surface area (Å²) < 4.78 is 10.8. The third-order valence-electron chi connectivity index (χ3n) is 4.27. The van der Waals surface area contributed by atoms with Crippen molar-refractivity contribution in [3.8, 4) is 22.8 Å². The van der Waals surface area contributed by atoms with Gasteiger partial charge in [0.25, 0.3) is 0 Å². The maximum atomic E-state index is 11.3. The highest BCUT2D eigenvalue weighted by Gasteiger charge is 2.20. The summed E-state index contributed by atoms with van der Waals surface area (Å²) in [5, 5.41) is 10.8. The monoisotopic (exact) mass is 343 g/mol. The molecule has 0 saturated heterocycles. The number of aryl methyl sites for hydroxylation is 1. The molecule has 0 spiro atoms. The minimum Gasteiger partial charge on any atom is -0.481 e. The number of H-pyrrole nitrogens is 1. The van der Waals surface area contributed by atoms with E-state index in [1.165, 1.54) is 0 Å². The normalized spacial score (nSPS) is 12.8. The Balaban J connectivity index is 1.96. The lowest BCUT2D eigenvalue weighted by Gasteiger charge is -2.04. The molecule has 0 fully saturated rings. The van der Waals surface area contributed by atoms with E-state index in [4.69, 9.17) is 21.1 Å². The molecule has 0 atom stereocenters. The number of benzene rings is 2. The Labute approximate surface area is 142 Å². The van der Waals surface area contributed by atoms with E-state index >= 15 is 0 Å². The number of hydrogen-bond donors (Lipinski definition) is 2. The summed E-state index contributed by atoms with van der Waals surface area (Å²) in [5.74, 6) is 0.460. The van der Waals surface area contributed by atoms with Crippen LogP contribution < -0.4 is 9.47 Å². The molecule has 0 bridgehead atoms. The molecule has 122 valence electrons. The maximum Gasteiger partial charge on any atom is 0.307 e. The number of nitrogens with one attached hydrogen (secondary N) is 1. The molecule has 24 heavy (non-hydrogen) atoms. The molecule has 1 aliphatic heterocycles. The van der Waals surface area contributed by atoms with Crippen molar-refractivity contribution in [2.75, 3.05) is 6.79 Å². The minimum absolute atomic E-state index is 0.0785. The molecule has 2 heterocycles. The first-order chi connectivity index (χ1) is 11.5. The Morgan fingerprint density at radius 1 is 1.25 bits per heavy atom. The predicted molar refractivity (Wildman–Crippen MR) is 90.9 cm³/mol. The molecule has 4 rings (SSSR count). The van der Waals surface area contributed by atoms with Crippen LogP contribution in [0.15, 0.2) is 30.3 Å². The number of ether oxygens (including phenoxy) is 2. The van der Waals surface area contributed by atoms with Gasteiger partial charge >= 0.3 is 5.97 Å². The van der Waals surface area contributed by atoms with Gasteiger partial charge in [0.05, 0.1) is 17.6 Å². The molecular weight excluding hydrogens is 330 g/mol. The van der Waals surface area contributed by atoms with E-state index in [1.54, 1.807) is 6.07 Å². The Bertz CT molecular complexity index is 977. The summed E-state index contributed by atoms with van der Waals surface area (Å²) in [6.45, 7) is 2.11. The van der Waals surface area contributed by atoms with Crippen LogP contribution in [0.4, 0.5) is 0 Å². The van der Waals surface area contributed by atoms with Gasteiger partial charge in [0, 0.05) is 16.0 Å². The SMILES string of the molecule is Cc1c(Cl)ccc2c(CC(=O)O)c(-c3ccc4c(c3)OCO4)[nH]c12. The zero-order valence-corrected chi connectivity index (χ0v) is 13.6. The molecule has 5 nitrogen and oxygen atoms in total. The van der Waals surface area contributed by atoms with Crippen LogP contribution in [0.5, 0.6) is 11.5 Å². The quantitative estimate of drug-likeness (QED) is 0.749. The van der Waals surface area contributed by atoms with Gasteiger partial charge in [-0.1, -0.05) is 17.7 Å². The zero-order chi connectivity index (χ0) is 16.8. The highest BCUT2D eigenvalue weighted by atomic mass is 35.5. The van der Waals surface area contributed by atoms with Gasteiger partial charge in [0.1, 0.15) is 0 Å². The number of carbonyl (C=O) groups is 1.